The zero-order chi connectivity index (χ0) is 7.07. The molecule has 1 aliphatic carbocycles. The normalized spacial score (nSPS) is 20.8. The van der Waals surface area contributed by atoms with Gasteiger partial charge in [-0.3, -0.25) is 0 Å². The van der Waals surface area contributed by atoms with Gasteiger partial charge in [0.1, 0.15) is 0 Å². The van der Waals surface area contributed by atoms with Crippen LogP contribution in [0.1, 0.15) is 44.9 Å². The van der Waals surface area contributed by atoms with Crippen LogP contribution < -0.4 is 0 Å². The minimum absolute atomic E-state index is 1.23. The smallest absolute Gasteiger partial charge is 0.0274 e. The van der Waals surface area contributed by atoms with Gasteiger partial charge in [0.2, 0.25) is 0 Å². The molecule has 0 aromatic rings. The summed E-state index contributed by atoms with van der Waals surface area (Å²) in [6, 6.07) is 0. The fraction of sp³-hybridized carbons (Fsp3) is 0.700. The molecule has 0 aromatic carbocycles. The van der Waals surface area contributed by atoms with E-state index in [1.54, 1.807) is 0 Å². The van der Waals surface area contributed by atoms with E-state index in [0.29, 0.717) is 0 Å². The average Bonchev–Trinajstić information content (AvgIpc) is 2.01. The van der Waals surface area contributed by atoms with Gasteiger partial charge in [0, 0.05) is 0 Å². The first-order valence-electron chi connectivity index (χ1n) is 4.39. The minimum atomic E-state index is 1.23. The van der Waals surface area contributed by atoms with Crippen LogP contribution in [0.4, 0.5) is 0 Å². The monoisotopic (exact) mass is 136 g/mol. The van der Waals surface area contributed by atoms with E-state index in [9.17, 15) is 0 Å². The van der Waals surface area contributed by atoms with Crippen LogP contribution in [0.5, 0.6) is 0 Å². The summed E-state index contributed by atoms with van der Waals surface area (Å²) in [5.74, 6) is 0. The molecule has 0 bridgehead atoms. The van der Waals surface area contributed by atoms with Gasteiger partial charge in [-0.25, -0.2) is 0 Å². The van der Waals surface area contributed by atoms with E-state index < -0.39 is 0 Å². The molecule has 0 heterocycles. The van der Waals surface area contributed by atoms with Crippen LogP contribution in [0.15, 0.2) is 17.9 Å². The third-order valence-corrected chi connectivity index (χ3v) is 1.93. The first-order chi connectivity index (χ1) is 5.00. The minimum Gasteiger partial charge on any atom is -0.130 e. The highest BCUT2D eigenvalue weighted by Gasteiger charge is 1.89. The molecule has 0 spiro atoms. The molecule has 0 atom stereocenters. The van der Waals surface area contributed by atoms with Gasteiger partial charge < -0.3 is 0 Å². The van der Waals surface area contributed by atoms with Crippen molar-refractivity contribution >= 4 is 0 Å². The lowest BCUT2D eigenvalue weighted by Gasteiger charge is -1.98. The Kier molecular flexibility index (Phi) is 4.05. The lowest BCUT2D eigenvalue weighted by molar-refractivity contribution is 0.619. The molecule has 0 saturated carbocycles. The van der Waals surface area contributed by atoms with E-state index in [1.807, 2.05) is 0 Å². The summed E-state index contributed by atoms with van der Waals surface area (Å²) in [6.07, 6.45) is 13.8. The third-order valence-electron chi connectivity index (χ3n) is 1.93. The standard InChI is InChI=1S/C10H16/c1-2-4-6-8-10-9-7-5-3-1/h1,5H,2,4,6-10H2. The Morgan fingerprint density at radius 1 is 0.700 bits per heavy atom. The van der Waals surface area contributed by atoms with Crippen LogP contribution in [0.25, 0.3) is 0 Å². The van der Waals surface area contributed by atoms with Gasteiger partial charge in [0.15, 0.2) is 0 Å². The molecule has 10 heavy (non-hydrogen) atoms. The van der Waals surface area contributed by atoms with Crippen molar-refractivity contribution in [1.82, 2.24) is 0 Å². The van der Waals surface area contributed by atoms with Crippen LogP contribution in [-0.4, -0.2) is 0 Å². The number of hydrogen-bond donors (Lipinski definition) is 0. The Balaban J connectivity index is 2.27. The van der Waals surface area contributed by atoms with Gasteiger partial charge in [-0.05, 0) is 37.8 Å². The third kappa shape index (κ3) is 3.53. The number of rotatable bonds is 0. The number of hydrogen-bond acceptors (Lipinski definition) is 0. The van der Waals surface area contributed by atoms with E-state index in [1.165, 1.54) is 44.9 Å². The summed E-state index contributed by atoms with van der Waals surface area (Å²) in [7, 11) is 0. The molecule has 1 aliphatic rings. The predicted molar refractivity (Wildman–Crippen MR) is 45.0 cm³/mol. The van der Waals surface area contributed by atoms with Gasteiger partial charge in [0.25, 0.3) is 0 Å². The predicted octanol–water partition coefficient (Wildman–Crippen LogP) is 3.44. The van der Waals surface area contributed by atoms with Crippen LogP contribution in [0, 0.1) is 0 Å². The topological polar surface area (TPSA) is 0 Å². The molecule has 0 radical (unpaired) electrons. The number of allylic oxidation sites excluding steroid dienone is 1. The van der Waals surface area contributed by atoms with E-state index in [-0.39, 0.29) is 0 Å². The van der Waals surface area contributed by atoms with Crippen molar-refractivity contribution in [2.75, 3.05) is 0 Å². The van der Waals surface area contributed by atoms with Crippen LogP contribution in [0.2, 0.25) is 0 Å². The van der Waals surface area contributed by atoms with Gasteiger partial charge in [-0.2, -0.15) is 0 Å². The molecule has 0 aliphatic heterocycles. The summed E-state index contributed by atoms with van der Waals surface area (Å²) < 4.78 is 0. The molecular formula is C10H16. The highest BCUT2D eigenvalue weighted by atomic mass is 13.9. The first-order valence-corrected chi connectivity index (χ1v) is 4.39. The fourth-order valence-electron chi connectivity index (χ4n) is 1.27. The zero-order valence-electron chi connectivity index (χ0n) is 6.60. The molecule has 0 fully saturated rings. The van der Waals surface area contributed by atoms with Crippen LogP contribution >= 0.6 is 0 Å². The first kappa shape index (κ1) is 7.63. The van der Waals surface area contributed by atoms with E-state index >= 15 is 0 Å². The van der Waals surface area contributed by atoms with Crippen LogP contribution in [0.3, 0.4) is 0 Å². The molecule has 1 rings (SSSR count). The van der Waals surface area contributed by atoms with Gasteiger partial charge in [-0.15, -0.1) is 5.73 Å². The Morgan fingerprint density at radius 2 is 1.20 bits per heavy atom. The molecule has 56 valence electrons. The molecule has 0 heteroatoms. The molecule has 0 aromatic heterocycles. The Bertz CT molecular complexity index is 115. The van der Waals surface area contributed by atoms with E-state index in [2.05, 4.69) is 17.9 Å². The maximum Gasteiger partial charge on any atom is -0.0274 e. The average molecular weight is 136 g/mol. The molecule has 0 unspecified atom stereocenters. The molecule has 0 N–H and O–H groups in total. The van der Waals surface area contributed by atoms with Gasteiger partial charge >= 0.3 is 0 Å². The van der Waals surface area contributed by atoms with Crippen molar-refractivity contribution in [3.8, 4) is 0 Å². The quantitative estimate of drug-likeness (QED) is 0.447. The van der Waals surface area contributed by atoms with Gasteiger partial charge in [0.05, 0.1) is 0 Å². The summed E-state index contributed by atoms with van der Waals surface area (Å²) >= 11 is 0. The molecular weight excluding hydrogens is 120 g/mol. The van der Waals surface area contributed by atoms with Crippen molar-refractivity contribution in [3.05, 3.63) is 17.9 Å². The second kappa shape index (κ2) is 5.32. The largest absolute Gasteiger partial charge is 0.130 e. The molecule has 0 nitrogen and oxygen atoms in total. The Labute approximate surface area is 63.6 Å². The summed E-state index contributed by atoms with van der Waals surface area (Å²) in [5.41, 5.74) is 3.20. The highest BCUT2D eigenvalue weighted by Crippen LogP contribution is 2.08. The Morgan fingerprint density at radius 3 is 1.80 bits per heavy atom. The van der Waals surface area contributed by atoms with E-state index in [4.69, 9.17) is 0 Å². The molecule has 0 amide bonds. The summed E-state index contributed by atoms with van der Waals surface area (Å²) in [5, 5.41) is 0. The maximum absolute atomic E-state index is 3.20. The second-order valence-corrected chi connectivity index (χ2v) is 2.92. The molecule has 0 saturated heterocycles. The van der Waals surface area contributed by atoms with Gasteiger partial charge in [-0.1, -0.05) is 19.3 Å². The van der Waals surface area contributed by atoms with E-state index in [0.717, 1.165) is 0 Å². The summed E-state index contributed by atoms with van der Waals surface area (Å²) in [4.78, 5) is 0. The van der Waals surface area contributed by atoms with Crippen molar-refractivity contribution in [3.63, 3.8) is 0 Å². The lowest BCUT2D eigenvalue weighted by Crippen LogP contribution is -1.79. The summed E-state index contributed by atoms with van der Waals surface area (Å²) in [6.45, 7) is 0. The Hall–Kier alpha value is -0.480. The maximum atomic E-state index is 3.20. The second-order valence-electron chi connectivity index (χ2n) is 2.92. The van der Waals surface area contributed by atoms with Crippen molar-refractivity contribution in [2.45, 2.75) is 44.9 Å². The lowest BCUT2D eigenvalue weighted by atomic mass is 10.1. The zero-order valence-corrected chi connectivity index (χ0v) is 6.60. The van der Waals surface area contributed by atoms with Crippen LogP contribution in [-0.2, 0) is 0 Å². The SMILES string of the molecule is C1=CCCCCCCCC=1. The van der Waals surface area contributed by atoms with Crippen molar-refractivity contribution in [1.29, 1.82) is 0 Å². The highest BCUT2D eigenvalue weighted by molar-refractivity contribution is 4.85. The van der Waals surface area contributed by atoms with Crippen molar-refractivity contribution in [2.24, 2.45) is 0 Å². The fourth-order valence-corrected chi connectivity index (χ4v) is 1.27. The van der Waals surface area contributed by atoms with Crippen molar-refractivity contribution < 1.29 is 0 Å².